The van der Waals surface area contributed by atoms with Crippen LogP contribution >= 0.6 is 11.9 Å². The van der Waals surface area contributed by atoms with Gasteiger partial charge in [0, 0.05) is 18.2 Å². The van der Waals surface area contributed by atoms with Gasteiger partial charge in [-0.1, -0.05) is 25.3 Å². The Bertz CT molecular complexity index is 1110. The first-order valence-electron chi connectivity index (χ1n) is 12.7. The van der Waals surface area contributed by atoms with Gasteiger partial charge in [0.05, 0.1) is 10.6 Å². The van der Waals surface area contributed by atoms with Crippen LogP contribution in [0.1, 0.15) is 68.8 Å². The Labute approximate surface area is 221 Å². The van der Waals surface area contributed by atoms with Crippen LogP contribution < -0.4 is 14.8 Å². The second kappa shape index (κ2) is 11.8. The van der Waals surface area contributed by atoms with E-state index in [2.05, 4.69) is 19.9 Å². The van der Waals surface area contributed by atoms with E-state index in [0.29, 0.717) is 35.7 Å². The normalized spacial score (nSPS) is 18.2. The van der Waals surface area contributed by atoms with Gasteiger partial charge >= 0.3 is 12.5 Å². The van der Waals surface area contributed by atoms with Gasteiger partial charge in [-0.2, -0.15) is 18.3 Å². The lowest BCUT2D eigenvalue weighted by atomic mass is 9.89. The third-order valence-corrected chi connectivity index (χ3v) is 7.94. The number of rotatable bonds is 9. The molecule has 1 unspecified atom stereocenters. The highest BCUT2D eigenvalue weighted by atomic mass is 32.2. The summed E-state index contributed by atoms with van der Waals surface area (Å²) in [4.78, 5) is 12.6. The average molecular weight is 565 g/mol. The van der Waals surface area contributed by atoms with Crippen molar-refractivity contribution < 1.29 is 35.9 Å². The summed E-state index contributed by atoms with van der Waals surface area (Å²) in [6.45, 7) is 1.37. The van der Waals surface area contributed by atoms with Gasteiger partial charge in [0.2, 0.25) is 0 Å². The minimum Gasteiger partial charge on any atom is -0.405 e. The minimum absolute atomic E-state index is 0.0872. The number of nitrogens with one attached hydrogen (secondary N) is 2. The lowest BCUT2D eigenvalue weighted by Gasteiger charge is -2.25. The first-order valence-corrected chi connectivity index (χ1v) is 13.5. The first kappa shape index (κ1) is 28.6. The summed E-state index contributed by atoms with van der Waals surface area (Å²) in [7, 11) is 0. The highest BCUT2D eigenvalue weighted by Crippen LogP contribution is 2.37. The molecule has 38 heavy (non-hydrogen) atoms. The molecule has 1 aromatic heterocycles. The Balaban J connectivity index is 1.65. The van der Waals surface area contributed by atoms with Crippen molar-refractivity contribution >= 4 is 17.9 Å². The van der Waals surface area contributed by atoms with Crippen LogP contribution in [-0.2, 0) is 6.54 Å². The lowest BCUT2D eigenvalue weighted by molar-refractivity contribution is -0.275. The maximum absolute atomic E-state index is 13.2. The molecule has 2 aliphatic rings. The summed E-state index contributed by atoms with van der Waals surface area (Å²) in [5, 5.41) is 7.43. The highest BCUT2D eigenvalue weighted by molar-refractivity contribution is 7.97. The quantitative estimate of drug-likeness (QED) is 0.257. The van der Waals surface area contributed by atoms with E-state index in [1.54, 1.807) is 10.7 Å². The molecule has 2 fully saturated rings. The average Bonchev–Trinajstić information content (AvgIpc) is 3.23. The molecule has 2 N–H and O–H groups in total. The zero-order chi connectivity index (χ0) is 27.5. The van der Waals surface area contributed by atoms with Gasteiger partial charge in [-0.25, -0.2) is 4.72 Å². The zero-order valence-electron chi connectivity index (χ0n) is 20.8. The van der Waals surface area contributed by atoms with E-state index < -0.39 is 24.3 Å². The summed E-state index contributed by atoms with van der Waals surface area (Å²) >= 11 is 0.404. The minimum atomic E-state index is -5.06. The molecule has 0 spiro atoms. The molecule has 0 radical (unpaired) electrons. The highest BCUT2D eigenvalue weighted by Gasteiger charge is 2.37. The van der Waals surface area contributed by atoms with Gasteiger partial charge in [0.15, 0.2) is 5.69 Å². The van der Waals surface area contributed by atoms with E-state index in [4.69, 9.17) is 0 Å². The topological polar surface area (TPSA) is 68.2 Å². The molecule has 1 amide bonds. The van der Waals surface area contributed by atoms with Crippen LogP contribution in [0.4, 0.5) is 26.3 Å². The van der Waals surface area contributed by atoms with Crippen molar-refractivity contribution in [1.82, 2.24) is 19.8 Å². The number of amides is 1. The fourth-order valence-corrected chi connectivity index (χ4v) is 5.27. The predicted octanol–water partition coefficient (Wildman–Crippen LogP) is 6.86. The van der Waals surface area contributed by atoms with Crippen LogP contribution in [0.3, 0.4) is 0 Å². The fourth-order valence-electron chi connectivity index (χ4n) is 4.50. The maximum Gasteiger partial charge on any atom is 0.573 e. The number of benzene rings is 1. The molecule has 2 saturated carbocycles. The van der Waals surface area contributed by atoms with Gasteiger partial charge in [-0.3, -0.25) is 9.48 Å². The third-order valence-electron chi connectivity index (χ3n) is 6.91. The van der Waals surface area contributed by atoms with E-state index in [1.807, 2.05) is 0 Å². The standard InChI is InChI=1S/C25H30F6N4O2S/c1-15(24(26,27)28)34-38-22-11-10-17(12-21(22)37-25(29,30)31)20-13-19(23(36)32-18-8-5-9-18)33-35(20)14-16-6-3-2-4-7-16/h10-13,15-16,18,34H,2-9,14H2,1H3,(H,32,36). The van der Waals surface area contributed by atoms with Gasteiger partial charge in [0.25, 0.3) is 5.91 Å². The zero-order valence-corrected chi connectivity index (χ0v) is 21.6. The largest absolute Gasteiger partial charge is 0.573 e. The number of carbonyl (C=O) groups excluding carboxylic acids is 1. The lowest BCUT2D eigenvalue weighted by Crippen LogP contribution is -2.39. The van der Waals surface area contributed by atoms with E-state index >= 15 is 0 Å². The van der Waals surface area contributed by atoms with Crippen molar-refractivity contribution in [3.05, 3.63) is 30.0 Å². The first-order chi connectivity index (χ1) is 17.9. The Hall–Kier alpha value is -2.41. The van der Waals surface area contributed by atoms with Crippen molar-refractivity contribution in [2.75, 3.05) is 0 Å². The van der Waals surface area contributed by atoms with Crippen LogP contribution in [0.25, 0.3) is 11.3 Å². The second-order valence-electron chi connectivity index (χ2n) is 9.89. The fraction of sp³-hybridized carbons (Fsp3) is 0.600. The smallest absolute Gasteiger partial charge is 0.405 e. The Morgan fingerprint density at radius 2 is 1.79 bits per heavy atom. The number of aromatic nitrogens is 2. The maximum atomic E-state index is 13.2. The SMILES string of the molecule is CC(NSc1ccc(-c2cc(C(=O)NC3CCC3)nn2CC2CCCCC2)cc1OC(F)(F)F)C(F)(F)F. The molecule has 210 valence electrons. The number of hydrogen-bond donors (Lipinski definition) is 2. The molecule has 4 rings (SSSR count). The van der Waals surface area contributed by atoms with E-state index in [1.165, 1.54) is 12.1 Å². The number of ether oxygens (including phenoxy) is 1. The molecule has 2 aromatic rings. The summed E-state index contributed by atoms with van der Waals surface area (Å²) in [5.41, 5.74) is 0.915. The summed E-state index contributed by atoms with van der Waals surface area (Å²) in [6.07, 6.45) is -1.53. The molecular weight excluding hydrogens is 534 g/mol. The van der Waals surface area contributed by atoms with Crippen molar-refractivity contribution in [2.45, 2.75) is 94.4 Å². The molecular formula is C25H30F6N4O2S. The molecule has 2 aliphatic carbocycles. The molecule has 0 bridgehead atoms. The summed E-state index contributed by atoms with van der Waals surface area (Å²) < 4.78 is 86.2. The Morgan fingerprint density at radius 1 is 1.08 bits per heavy atom. The summed E-state index contributed by atoms with van der Waals surface area (Å²) in [6, 6.07) is 3.55. The van der Waals surface area contributed by atoms with Crippen LogP contribution in [0, 0.1) is 5.92 Å². The van der Waals surface area contributed by atoms with Crippen molar-refractivity contribution in [1.29, 1.82) is 0 Å². The van der Waals surface area contributed by atoms with E-state index in [-0.39, 0.29) is 22.5 Å². The summed E-state index contributed by atoms with van der Waals surface area (Å²) in [5.74, 6) is -0.672. The predicted molar refractivity (Wildman–Crippen MR) is 131 cm³/mol. The Kier molecular flexibility index (Phi) is 8.85. The van der Waals surface area contributed by atoms with Crippen LogP contribution in [0.15, 0.2) is 29.2 Å². The van der Waals surface area contributed by atoms with Gasteiger partial charge < -0.3 is 10.1 Å². The van der Waals surface area contributed by atoms with E-state index in [9.17, 15) is 31.1 Å². The third kappa shape index (κ3) is 7.58. The van der Waals surface area contributed by atoms with Crippen molar-refractivity contribution in [3.63, 3.8) is 0 Å². The van der Waals surface area contributed by atoms with Crippen molar-refractivity contribution in [2.24, 2.45) is 5.92 Å². The monoisotopic (exact) mass is 564 g/mol. The molecule has 13 heteroatoms. The van der Waals surface area contributed by atoms with Gasteiger partial charge in [0.1, 0.15) is 11.8 Å². The number of nitrogens with zero attached hydrogens (tertiary/aromatic N) is 2. The van der Waals surface area contributed by atoms with Crippen LogP contribution in [-0.4, -0.2) is 40.3 Å². The van der Waals surface area contributed by atoms with Crippen molar-refractivity contribution in [3.8, 4) is 17.0 Å². The van der Waals surface area contributed by atoms with Crippen LogP contribution in [0.5, 0.6) is 5.75 Å². The molecule has 0 aliphatic heterocycles. The molecule has 6 nitrogen and oxygen atoms in total. The van der Waals surface area contributed by atoms with Gasteiger partial charge in [-0.15, -0.1) is 13.2 Å². The second-order valence-corrected chi connectivity index (χ2v) is 10.8. The number of alkyl halides is 6. The number of carbonyl (C=O) groups is 1. The Morgan fingerprint density at radius 3 is 2.39 bits per heavy atom. The van der Waals surface area contributed by atoms with E-state index in [0.717, 1.165) is 64.4 Å². The molecule has 1 heterocycles. The number of halogens is 6. The molecule has 0 saturated heterocycles. The molecule has 1 atom stereocenters. The van der Waals surface area contributed by atoms with Gasteiger partial charge in [-0.05, 0) is 75.1 Å². The molecule has 1 aromatic carbocycles. The van der Waals surface area contributed by atoms with Crippen LogP contribution in [0.2, 0.25) is 0 Å². The number of hydrogen-bond acceptors (Lipinski definition) is 5.